The number of hydrogen-bond acceptors (Lipinski definition) is 1. The van der Waals surface area contributed by atoms with Gasteiger partial charge in [0.05, 0.1) is 0 Å². The van der Waals surface area contributed by atoms with Crippen LogP contribution in [0.25, 0.3) is 0 Å². The van der Waals surface area contributed by atoms with E-state index in [0.29, 0.717) is 4.71 Å². The summed E-state index contributed by atoms with van der Waals surface area (Å²) in [5, 5.41) is 0. The lowest BCUT2D eigenvalue weighted by Gasteiger charge is -2.36. The first-order valence-corrected chi connectivity index (χ1v) is 5.50. The van der Waals surface area contributed by atoms with Gasteiger partial charge in [-0.15, -0.1) is 4.71 Å². The average molecular weight is 204 g/mol. The molecule has 2 radical (unpaired) electrons. The summed E-state index contributed by atoms with van der Waals surface area (Å²) in [4.78, 5) is 2.14. The highest BCUT2D eigenvalue weighted by Crippen LogP contribution is 2.18. The quantitative estimate of drug-likeness (QED) is 0.571. The van der Waals surface area contributed by atoms with E-state index >= 15 is 0 Å². The molecule has 0 unspecified atom stereocenters. The molecule has 0 aliphatic carbocycles. The van der Waals surface area contributed by atoms with Crippen molar-refractivity contribution in [2.24, 2.45) is 0 Å². The molecule has 72 valence electrons. The molecule has 0 fully saturated rings. The van der Waals surface area contributed by atoms with Crippen molar-refractivity contribution in [2.45, 2.75) is 39.5 Å². The van der Waals surface area contributed by atoms with Crippen LogP contribution in [0.15, 0.2) is 0 Å². The molecule has 0 amide bonds. The average Bonchev–Trinajstić information content (AvgIpc) is 2.04. The zero-order valence-electron chi connectivity index (χ0n) is 8.01. The van der Waals surface area contributed by atoms with Crippen LogP contribution >= 0.6 is 25.3 Å². The minimum atomic E-state index is 0.636. The molecule has 1 nitrogen and oxygen atoms in total. The molecule has 0 aromatic carbocycles. The topological polar surface area (TPSA) is 3.24 Å². The van der Waals surface area contributed by atoms with Gasteiger partial charge in [-0.3, -0.25) is 25.3 Å². The molecule has 0 saturated heterocycles. The van der Waals surface area contributed by atoms with E-state index in [2.05, 4.69) is 18.7 Å². The van der Waals surface area contributed by atoms with Crippen LogP contribution < -0.4 is 0 Å². The Morgan fingerprint density at radius 2 is 1.42 bits per heavy atom. The fourth-order valence-electron chi connectivity index (χ4n) is 0.992. The summed E-state index contributed by atoms with van der Waals surface area (Å²) in [6.07, 6.45) is 4.81. The Kier molecular flexibility index (Phi) is 8.72. The second kappa shape index (κ2) is 8.27. The maximum Gasteiger partial charge on any atom is -0.0286 e. The van der Waals surface area contributed by atoms with Crippen LogP contribution in [0.2, 0.25) is 0 Å². The minimum Gasteiger partial charge on any atom is -0.432 e. The van der Waals surface area contributed by atoms with Crippen molar-refractivity contribution in [3.63, 3.8) is 0 Å². The fraction of sp³-hybridized carbons (Fsp3) is 0.889. The maximum atomic E-state index is 4.98. The monoisotopic (exact) mass is 204 g/mol. The summed E-state index contributed by atoms with van der Waals surface area (Å²) in [5.74, 6) is 0. The lowest BCUT2D eigenvalue weighted by atomic mass is 10.3. The summed E-state index contributed by atoms with van der Waals surface area (Å²) >= 11 is 9.97. The number of rotatable bonds is 7. The fourth-order valence-corrected chi connectivity index (χ4v) is 1.36. The molecule has 0 atom stereocenters. The van der Waals surface area contributed by atoms with Gasteiger partial charge in [-0.2, -0.15) is 0 Å². The van der Waals surface area contributed by atoms with Gasteiger partial charge in [0, 0.05) is 0 Å². The first-order valence-electron chi connectivity index (χ1n) is 4.68. The maximum absolute atomic E-state index is 4.98. The zero-order valence-corrected chi connectivity index (χ0v) is 9.64. The van der Waals surface area contributed by atoms with E-state index in [-0.39, 0.29) is 0 Å². The molecule has 0 saturated carbocycles. The molecule has 3 heteroatoms. The third-order valence-corrected chi connectivity index (χ3v) is 2.34. The largest absolute Gasteiger partial charge is 0.432 e. The van der Waals surface area contributed by atoms with Crippen LogP contribution in [-0.2, 0) is 0 Å². The standard InChI is InChI=1S/C9H18NS2/c1-3-5-7-10(9(11)12)8-6-4-2/h3-8H2,1-2H3/q-1. The molecule has 0 rings (SSSR count). The van der Waals surface area contributed by atoms with Crippen molar-refractivity contribution in [3.05, 3.63) is 4.71 Å². The zero-order chi connectivity index (χ0) is 9.40. The summed E-state index contributed by atoms with van der Waals surface area (Å²) < 4.78 is 0.636. The van der Waals surface area contributed by atoms with E-state index in [1.54, 1.807) is 0 Å². The van der Waals surface area contributed by atoms with Gasteiger partial charge in [-0.05, 0) is 25.9 Å². The van der Waals surface area contributed by atoms with Gasteiger partial charge in [0.25, 0.3) is 0 Å². The van der Waals surface area contributed by atoms with Gasteiger partial charge >= 0.3 is 0 Å². The van der Waals surface area contributed by atoms with E-state index < -0.39 is 0 Å². The molecule has 0 N–H and O–H groups in total. The van der Waals surface area contributed by atoms with Crippen molar-refractivity contribution in [2.75, 3.05) is 13.1 Å². The van der Waals surface area contributed by atoms with Crippen molar-refractivity contribution in [1.29, 1.82) is 0 Å². The van der Waals surface area contributed by atoms with Gasteiger partial charge in [-0.25, -0.2) is 0 Å². The Hall–Kier alpha value is 0.660. The van der Waals surface area contributed by atoms with Crippen LogP contribution in [0.1, 0.15) is 39.5 Å². The highest BCUT2D eigenvalue weighted by molar-refractivity contribution is 8.03. The lowest BCUT2D eigenvalue weighted by molar-refractivity contribution is 0.338. The van der Waals surface area contributed by atoms with Crippen molar-refractivity contribution in [1.82, 2.24) is 4.90 Å². The van der Waals surface area contributed by atoms with E-state index in [1.165, 1.54) is 25.7 Å². The molecule has 0 aliphatic rings. The summed E-state index contributed by atoms with van der Waals surface area (Å²) in [7, 11) is 0. The van der Waals surface area contributed by atoms with Crippen LogP contribution in [0.3, 0.4) is 0 Å². The minimum absolute atomic E-state index is 0.636. The molecular formula is C9H18NS2-. The van der Waals surface area contributed by atoms with E-state index in [4.69, 9.17) is 25.3 Å². The number of hydrogen-bond donors (Lipinski definition) is 0. The van der Waals surface area contributed by atoms with Crippen LogP contribution in [0.5, 0.6) is 0 Å². The molecular weight excluding hydrogens is 186 g/mol. The second-order valence-corrected chi connectivity index (χ2v) is 3.99. The Morgan fingerprint density at radius 3 is 1.67 bits per heavy atom. The Bertz CT molecular complexity index is 88.5. The lowest BCUT2D eigenvalue weighted by Crippen LogP contribution is -2.25. The summed E-state index contributed by atoms with van der Waals surface area (Å²) in [5.41, 5.74) is 0. The normalized spacial score (nSPS) is 11.5. The SMILES string of the molecule is CCCCN(CCCC)[C-]([S])[S]. The van der Waals surface area contributed by atoms with Gasteiger partial charge in [0.2, 0.25) is 0 Å². The second-order valence-electron chi connectivity index (χ2n) is 2.96. The van der Waals surface area contributed by atoms with E-state index in [1.807, 2.05) is 0 Å². The first kappa shape index (κ1) is 12.7. The third kappa shape index (κ3) is 6.21. The Balaban J connectivity index is 3.55. The summed E-state index contributed by atoms with van der Waals surface area (Å²) in [6.45, 7) is 6.45. The number of unbranched alkanes of at least 4 members (excludes halogenated alkanes) is 2. The van der Waals surface area contributed by atoms with Gasteiger partial charge in [-0.1, -0.05) is 26.7 Å². The van der Waals surface area contributed by atoms with E-state index in [9.17, 15) is 0 Å². The van der Waals surface area contributed by atoms with E-state index in [0.717, 1.165) is 13.1 Å². The first-order chi connectivity index (χ1) is 5.72. The highest BCUT2D eigenvalue weighted by atomic mass is 32.2. The summed E-state index contributed by atoms with van der Waals surface area (Å²) in [6, 6.07) is 0. The molecule has 0 aromatic rings. The molecule has 12 heavy (non-hydrogen) atoms. The van der Waals surface area contributed by atoms with Gasteiger partial charge < -0.3 is 4.90 Å². The number of nitrogens with zero attached hydrogens (tertiary/aromatic N) is 1. The van der Waals surface area contributed by atoms with Crippen LogP contribution in [0.4, 0.5) is 0 Å². The highest BCUT2D eigenvalue weighted by Gasteiger charge is 1.98. The molecule has 0 heterocycles. The Labute approximate surface area is 87.7 Å². The smallest absolute Gasteiger partial charge is 0.0286 e. The van der Waals surface area contributed by atoms with Gasteiger partial charge in [0.15, 0.2) is 0 Å². The predicted octanol–water partition coefficient (Wildman–Crippen LogP) is 3.73. The molecule has 0 aromatic heterocycles. The Morgan fingerprint density at radius 1 is 1.00 bits per heavy atom. The van der Waals surface area contributed by atoms with Gasteiger partial charge in [0.1, 0.15) is 0 Å². The van der Waals surface area contributed by atoms with Crippen molar-refractivity contribution in [3.8, 4) is 0 Å². The molecule has 0 bridgehead atoms. The van der Waals surface area contributed by atoms with Crippen molar-refractivity contribution < 1.29 is 0 Å². The third-order valence-electron chi connectivity index (χ3n) is 1.82. The van der Waals surface area contributed by atoms with Crippen LogP contribution in [-0.4, -0.2) is 18.0 Å². The molecule has 0 spiro atoms. The van der Waals surface area contributed by atoms with Crippen molar-refractivity contribution >= 4 is 25.3 Å². The molecule has 0 aliphatic heterocycles. The van der Waals surface area contributed by atoms with Crippen LogP contribution in [0, 0.1) is 4.71 Å². The predicted molar refractivity (Wildman–Crippen MR) is 59.8 cm³/mol.